The smallest absolute Gasteiger partial charge is 0.224 e. The molecule has 0 bridgehead atoms. The SMILES string of the molecule is CCNc1ncc(Br)c(N2CCN(C3CC3)CC2)n1. The fourth-order valence-electron chi connectivity index (χ4n) is 2.56. The molecule has 1 saturated heterocycles. The number of nitrogens with one attached hydrogen (secondary N) is 1. The molecular weight excluding hydrogens is 306 g/mol. The van der Waals surface area contributed by atoms with Crippen LogP contribution >= 0.6 is 15.9 Å². The average molecular weight is 326 g/mol. The van der Waals surface area contributed by atoms with Gasteiger partial charge in [0.2, 0.25) is 5.95 Å². The number of halogens is 1. The van der Waals surface area contributed by atoms with Gasteiger partial charge in [0.1, 0.15) is 5.82 Å². The zero-order valence-electron chi connectivity index (χ0n) is 11.3. The summed E-state index contributed by atoms with van der Waals surface area (Å²) in [7, 11) is 0. The molecule has 0 amide bonds. The van der Waals surface area contributed by atoms with Crippen molar-refractivity contribution in [2.75, 3.05) is 42.9 Å². The van der Waals surface area contributed by atoms with E-state index in [0.717, 1.165) is 49.1 Å². The van der Waals surface area contributed by atoms with Gasteiger partial charge in [0.15, 0.2) is 0 Å². The molecule has 6 heteroatoms. The van der Waals surface area contributed by atoms with E-state index in [4.69, 9.17) is 0 Å². The molecule has 2 aliphatic rings. The molecule has 1 aliphatic carbocycles. The summed E-state index contributed by atoms with van der Waals surface area (Å²) in [5, 5.41) is 3.17. The van der Waals surface area contributed by atoms with Crippen LogP contribution in [-0.4, -0.2) is 53.6 Å². The maximum absolute atomic E-state index is 4.61. The van der Waals surface area contributed by atoms with Crippen LogP contribution in [0.25, 0.3) is 0 Å². The van der Waals surface area contributed by atoms with Crippen LogP contribution in [0.3, 0.4) is 0 Å². The number of aromatic nitrogens is 2. The van der Waals surface area contributed by atoms with Gasteiger partial charge < -0.3 is 10.2 Å². The van der Waals surface area contributed by atoms with E-state index in [1.54, 1.807) is 0 Å². The summed E-state index contributed by atoms with van der Waals surface area (Å²) in [5.74, 6) is 1.73. The largest absolute Gasteiger partial charge is 0.354 e. The van der Waals surface area contributed by atoms with E-state index in [2.05, 4.69) is 47.9 Å². The van der Waals surface area contributed by atoms with Crippen LogP contribution < -0.4 is 10.2 Å². The lowest BCUT2D eigenvalue weighted by Gasteiger charge is -2.35. The van der Waals surface area contributed by atoms with E-state index >= 15 is 0 Å². The van der Waals surface area contributed by atoms with E-state index in [9.17, 15) is 0 Å². The topological polar surface area (TPSA) is 44.3 Å². The molecule has 1 aromatic rings. The molecule has 1 N–H and O–H groups in total. The molecule has 19 heavy (non-hydrogen) atoms. The first-order valence-electron chi connectivity index (χ1n) is 7.03. The Kier molecular flexibility index (Phi) is 3.88. The molecule has 0 spiro atoms. The van der Waals surface area contributed by atoms with E-state index in [0.29, 0.717) is 5.95 Å². The first-order valence-corrected chi connectivity index (χ1v) is 7.82. The van der Waals surface area contributed by atoms with Crippen molar-refractivity contribution in [2.45, 2.75) is 25.8 Å². The average Bonchev–Trinajstić information content (AvgIpc) is 3.26. The summed E-state index contributed by atoms with van der Waals surface area (Å²) >= 11 is 3.57. The van der Waals surface area contributed by atoms with Gasteiger partial charge in [0.05, 0.1) is 4.47 Å². The van der Waals surface area contributed by atoms with Gasteiger partial charge in [-0.3, -0.25) is 4.90 Å². The number of anilines is 2. The van der Waals surface area contributed by atoms with Crippen LogP contribution in [0.15, 0.2) is 10.7 Å². The van der Waals surface area contributed by atoms with Crippen LogP contribution in [0, 0.1) is 0 Å². The van der Waals surface area contributed by atoms with Crippen molar-refractivity contribution < 1.29 is 0 Å². The van der Waals surface area contributed by atoms with Crippen LogP contribution in [0.4, 0.5) is 11.8 Å². The zero-order chi connectivity index (χ0) is 13.2. The second kappa shape index (κ2) is 5.63. The minimum absolute atomic E-state index is 0.713. The van der Waals surface area contributed by atoms with Gasteiger partial charge in [-0.15, -0.1) is 0 Å². The second-order valence-electron chi connectivity index (χ2n) is 5.15. The summed E-state index contributed by atoms with van der Waals surface area (Å²) in [6, 6.07) is 0.869. The minimum Gasteiger partial charge on any atom is -0.354 e. The Bertz CT molecular complexity index is 441. The normalized spacial score (nSPS) is 20.6. The van der Waals surface area contributed by atoms with Crippen LogP contribution in [0.1, 0.15) is 19.8 Å². The van der Waals surface area contributed by atoms with Crippen molar-refractivity contribution in [3.63, 3.8) is 0 Å². The third-order valence-corrected chi connectivity index (χ3v) is 4.30. The quantitative estimate of drug-likeness (QED) is 0.916. The highest BCUT2D eigenvalue weighted by molar-refractivity contribution is 9.10. The standard InChI is InChI=1S/C13H20BrN5/c1-2-15-13-16-9-11(14)12(17-13)19-7-5-18(6-8-19)10-3-4-10/h9-10H,2-8H2,1H3,(H,15,16,17). The predicted octanol–water partition coefficient (Wildman–Crippen LogP) is 1.96. The Hall–Kier alpha value is -0.880. The third kappa shape index (κ3) is 3.00. The van der Waals surface area contributed by atoms with Crippen LogP contribution in [0.2, 0.25) is 0 Å². The predicted molar refractivity (Wildman–Crippen MR) is 80.7 cm³/mol. The molecule has 3 rings (SSSR count). The van der Waals surface area contributed by atoms with Crippen LogP contribution in [-0.2, 0) is 0 Å². The molecule has 0 unspecified atom stereocenters. The van der Waals surface area contributed by atoms with Crippen molar-refractivity contribution in [2.24, 2.45) is 0 Å². The number of rotatable bonds is 4. The maximum atomic E-state index is 4.61. The van der Waals surface area contributed by atoms with Crippen molar-refractivity contribution in [1.29, 1.82) is 0 Å². The van der Waals surface area contributed by atoms with Crippen molar-refractivity contribution >= 4 is 27.7 Å². The molecule has 2 fully saturated rings. The third-order valence-electron chi connectivity index (χ3n) is 3.74. The monoisotopic (exact) mass is 325 g/mol. The van der Waals surface area contributed by atoms with Gasteiger partial charge in [-0.1, -0.05) is 0 Å². The second-order valence-corrected chi connectivity index (χ2v) is 6.00. The lowest BCUT2D eigenvalue weighted by molar-refractivity contribution is 0.247. The molecule has 2 heterocycles. The molecule has 5 nitrogen and oxygen atoms in total. The van der Waals surface area contributed by atoms with Gasteiger partial charge >= 0.3 is 0 Å². The lowest BCUT2D eigenvalue weighted by atomic mass is 10.3. The minimum atomic E-state index is 0.713. The maximum Gasteiger partial charge on any atom is 0.224 e. The molecule has 0 atom stereocenters. The lowest BCUT2D eigenvalue weighted by Crippen LogP contribution is -2.47. The molecule has 0 radical (unpaired) electrons. The zero-order valence-corrected chi connectivity index (χ0v) is 12.9. The van der Waals surface area contributed by atoms with E-state index < -0.39 is 0 Å². The number of hydrogen-bond acceptors (Lipinski definition) is 5. The van der Waals surface area contributed by atoms with Gasteiger partial charge in [-0.05, 0) is 35.7 Å². The fraction of sp³-hybridized carbons (Fsp3) is 0.692. The van der Waals surface area contributed by atoms with Gasteiger partial charge in [-0.2, -0.15) is 4.98 Å². The molecule has 1 aliphatic heterocycles. The van der Waals surface area contributed by atoms with Gasteiger partial charge in [0, 0.05) is 45.0 Å². The Labute approximate surface area is 122 Å². The van der Waals surface area contributed by atoms with Gasteiger partial charge in [-0.25, -0.2) is 4.98 Å². The van der Waals surface area contributed by atoms with Gasteiger partial charge in [0.25, 0.3) is 0 Å². The summed E-state index contributed by atoms with van der Waals surface area (Å²) in [6.45, 7) is 7.31. The molecule has 1 saturated carbocycles. The van der Waals surface area contributed by atoms with E-state index in [1.165, 1.54) is 12.8 Å². The van der Waals surface area contributed by atoms with Crippen LogP contribution in [0.5, 0.6) is 0 Å². The molecule has 1 aromatic heterocycles. The molecular formula is C13H20BrN5. The highest BCUT2D eigenvalue weighted by Gasteiger charge is 2.31. The highest BCUT2D eigenvalue weighted by Crippen LogP contribution is 2.30. The van der Waals surface area contributed by atoms with Crippen molar-refractivity contribution in [3.8, 4) is 0 Å². The van der Waals surface area contributed by atoms with Crippen molar-refractivity contribution in [1.82, 2.24) is 14.9 Å². The van der Waals surface area contributed by atoms with E-state index in [1.807, 2.05) is 6.20 Å². The number of nitrogens with zero attached hydrogens (tertiary/aromatic N) is 4. The highest BCUT2D eigenvalue weighted by atomic mass is 79.9. The summed E-state index contributed by atoms with van der Waals surface area (Å²) in [4.78, 5) is 13.8. The summed E-state index contributed by atoms with van der Waals surface area (Å²) in [6.07, 6.45) is 4.62. The molecule has 0 aromatic carbocycles. The fourth-order valence-corrected chi connectivity index (χ4v) is 3.00. The van der Waals surface area contributed by atoms with Crippen molar-refractivity contribution in [3.05, 3.63) is 10.7 Å². The first-order chi connectivity index (χ1) is 9.28. The molecule has 104 valence electrons. The Morgan fingerprint density at radius 3 is 2.68 bits per heavy atom. The summed E-state index contributed by atoms with van der Waals surface area (Å²) in [5.41, 5.74) is 0. The Morgan fingerprint density at radius 2 is 2.05 bits per heavy atom. The first kappa shape index (κ1) is 13.1. The number of hydrogen-bond donors (Lipinski definition) is 1. The summed E-state index contributed by atoms with van der Waals surface area (Å²) < 4.78 is 0.981. The number of piperazine rings is 1. The van der Waals surface area contributed by atoms with E-state index in [-0.39, 0.29) is 0 Å². The Balaban J connectivity index is 1.69. The Morgan fingerprint density at radius 1 is 1.32 bits per heavy atom.